The van der Waals surface area contributed by atoms with E-state index in [4.69, 9.17) is 9.84 Å². The number of aliphatic carboxylic acids is 1. The molecular weight excluding hydrogens is 322 g/mol. The van der Waals surface area contributed by atoms with Gasteiger partial charge < -0.3 is 15.2 Å². The highest BCUT2D eigenvalue weighted by molar-refractivity contribution is 5.73. The van der Waals surface area contributed by atoms with Gasteiger partial charge in [-0.3, -0.25) is 4.79 Å². The number of nitrogens with zero attached hydrogens (tertiary/aromatic N) is 4. The number of carboxylic acid groups (broad SMARTS) is 1. The summed E-state index contributed by atoms with van der Waals surface area (Å²) in [5.74, 6) is -0.328. The predicted molar refractivity (Wildman–Crippen MR) is 91.9 cm³/mol. The molecule has 0 saturated heterocycles. The van der Waals surface area contributed by atoms with Crippen LogP contribution in [0.4, 0.5) is 0 Å². The highest BCUT2D eigenvalue weighted by atomic mass is 16.5. The molecule has 0 spiro atoms. The van der Waals surface area contributed by atoms with Crippen LogP contribution in [0.3, 0.4) is 0 Å². The lowest BCUT2D eigenvalue weighted by Gasteiger charge is -2.11. The van der Waals surface area contributed by atoms with Crippen LogP contribution in [0.5, 0.6) is 0 Å². The minimum atomic E-state index is -0.845. The second-order valence-corrected chi connectivity index (χ2v) is 5.60. The van der Waals surface area contributed by atoms with Crippen LogP contribution in [0.2, 0.25) is 0 Å². The maximum Gasteiger partial charge on any atom is 0.320 e. The van der Waals surface area contributed by atoms with Crippen LogP contribution in [0.25, 0.3) is 11.4 Å². The number of rotatable bonds is 11. The molecule has 2 aromatic rings. The van der Waals surface area contributed by atoms with E-state index in [1.54, 1.807) is 7.05 Å². The number of likely N-dealkylation sites (N-methyl/N-ethyl adjacent to an activating group) is 1. The van der Waals surface area contributed by atoms with Gasteiger partial charge in [-0.1, -0.05) is 24.3 Å². The first-order valence-corrected chi connectivity index (χ1v) is 8.28. The normalized spacial score (nSPS) is 12.0. The molecule has 2 rings (SSSR count). The fraction of sp³-hybridized carbons (Fsp3) is 0.471. The third kappa shape index (κ3) is 6.52. The number of aromatic nitrogens is 4. The van der Waals surface area contributed by atoms with Gasteiger partial charge in [0.1, 0.15) is 6.04 Å². The smallest absolute Gasteiger partial charge is 0.320 e. The Morgan fingerprint density at radius 3 is 2.52 bits per heavy atom. The largest absolute Gasteiger partial charge is 0.480 e. The molecular formula is C17H23N5O3. The van der Waals surface area contributed by atoms with E-state index in [0.717, 1.165) is 24.8 Å². The molecule has 0 aliphatic rings. The molecule has 1 heterocycles. The molecule has 8 nitrogen and oxygen atoms in total. The van der Waals surface area contributed by atoms with Gasteiger partial charge in [-0.15, -0.1) is 20.4 Å². The van der Waals surface area contributed by atoms with Crippen molar-refractivity contribution in [2.75, 3.05) is 20.3 Å². The molecule has 2 N–H and O–H groups in total. The van der Waals surface area contributed by atoms with E-state index in [-0.39, 0.29) is 0 Å². The van der Waals surface area contributed by atoms with Gasteiger partial charge in [0.2, 0.25) is 5.82 Å². The second kappa shape index (κ2) is 10.4. The highest BCUT2D eigenvalue weighted by Crippen LogP contribution is 2.15. The third-order valence-electron chi connectivity index (χ3n) is 3.82. The lowest BCUT2D eigenvalue weighted by atomic mass is 10.1. The molecule has 1 aromatic heterocycles. The van der Waals surface area contributed by atoms with Crippen molar-refractivity contribution in [3.8, 4) is 11.4 Å². The van der Waals surface area contributed by atoms with E-state index >= 15 is 0 Å². The van der Waals surface area contributed by atoms with Crippen LogP contribution in [-0.4, -0.2) is 57.8 Å². The average molecular weight is 345 g/mol. The Balaban J connectivity index is 1.62. The lowest BCUT2D eigenvalue weighted by molar-refractivity contribution is -0.139. The Bertz CT molecular complexity index is 636. The quantitative estimate of drug-likeness (QED) is 0.587. The van der Waals surface area contributed by atoms with Crippen molar-refractivity contribution >= 4 is 5.97 Å². The summed E-state index contributed by atoms with van der Waals surface area (Å²) in [6.45, 7) is 1.09. The van der Waals surface area contributed by atoms with Crippen molar-refractivity contribution in [1.82, 2.24) is 25.7 Å². The Hall–Kier alpha value is -2.45. The number of nitrogens with one attached hydrogen (secondary N) is 1. The summed E-state index contributed by atoms with van der Waals surface area (Å²) in [4.78, 5) is 10.8. The van der Waals surface area contributed by atoms with Gasteiger partial charge in [0.25, 0.3) is 0 Å². The maximum atomic E-state index is 10.8. The summed E-state index contributed by atoms with van der Waals surface area (Å²) < 4.78 is 5.50. The third-order valence-corrected chi connectivity index (χ3v) is 3.82. The molecule has 8 heteroatoms. The number of unbranched alkanes of at least 4 members (excludes halogenated alkanes) is 1. The molecule has 0 aliphatic carbocycles. The fourth-order valence-electron chi connectivity index (χ4n) is 2.37. The fourth-order valence-corrected chi connectivity index (χ4v) is 2.37. The summed E-state index contributed by atoms with van der Waals surface area (Å²) in [5.41, 5.74) is 2.13. The van der Waals surface area contributed by atoms with Crippen LogP contribution in [-0.2, 0) is 16.0 Å². The average Bonchev–Trinajstić information content (AvgIpc) is 2.65. The van der Waals surface area contributed by atoms with E-state index < -0.39 is 12.0 Å². The molecule has 0 amide bonds. The molecule has 1 atom stereocenters. The van der Waals surface area contributed by atoms with Gasteiger partial charge in [0.05, 0.1) is 0 Å². The van der Waals surface area contributed by atoms with Crippen LogP contribution < -0.4 is 5.32 Å². The monoisotopic (exact) mass is 345 g/mol. The standard InChI is InChI=1S/C17H23N5O3/c1-18-15(17(23)24)9-11-25-10-3-2-4-13-5-7-14(8-6-13)16-21-19-12-20-22-16/h5-8,12,15,18H,2-4,9-11H2,1H3,(H,23,24)/t15-/m0/s1. The van der Waals surface area contributed by atoms with Crippen molar-refractivity contribution in [2.45, 2.75) is 31.7 Å². The van der Waals surface area contributed by atoms with Crippen LogP contribution in [0.15, 0.2) is 30.6 Å². The Kier molecular flexibility index (Phi) is 7.87. The zero-order chi connectivity index (χ0) is 17.9. The summed E-state index contributed by atoms with van der Waals surface area (Å²) in [7, 11) is 1.64. The van der Waals surface area contributed by atoms with Crippen LogP contribution in [0.1, 0.15) is 24.8 Å². The lowest BCUT2D eigenvalue weighted by Crippen LogP contribution is -2.34. The first-order valence-electron chi connectivity index (χ1n) is 8.28. The maximum absolute atomic E-state index is 10.8. The molecule has 0 radical (unpaired) electrons. The van der Waals surface area contributed by atoms with Crippen molar-refractivity contribution in [2.24, 2.45) is 0 Å². The van der Waals surface area contributed by atoms with E-state index in [2.05, 4.69) is 37.8 Å². The summed E-state index contributed by atoms with van der Waals surface area (Å²) in [6, 6.07) is 7.49. The van der Waals surface area contributed by atoms with Crippen molar-refractivity contribution in [3.05, 3.63) is 36.2 Å². The zero-order valence-corrected chi connectivity index (χ0v) is 14.3. The number of carboxylic acids is 1. The van der Waals surface area contributed by atoms with Crippen LogP contribution in [0, 0.1) is 0 Å². The zero-order valence-electron chi connectivity index (χ0n) is 14.3. The first-order chi connectivity index (χ1) is 12.2. The van der Waals surface area contributed by atoms with E-state index in [0.29, 0.717) is 25.5 Å². The van der Waals surface area contributed by atoms with Crippen LogP contribution >= 0.6 is 0 Å². The Morgan fingerprint density at radius 1 is 1.16 bits per heavy atom. The summed E-state index contributed by atoms with van der Waals surface area (Å²) in [5, 5.41) is 26.9. The molecule has 0 aliphatic heterocycles. The molecule has 134 valence electrons. The number of hydrogen-bond acceptors (Lipinski definition) is 7. The first kappa shape index (κ1) is 18.9. The minimum absolute atomic E-state index is 0.450. The Labute approximate surface area is 146 Å². The number of benzene rings is 1. The van der Waals surface area contributed by atoms with Gasteiger partial charge in [0, 0.05) is 18.8 Å². The van der Waals surface area contributed by atoms with Gasteiger partial charge >= 0.3 is 5.97 Å². The SMILES string of the molecule is CN[C@@H](CCOCCCCc1ccc(-c2nncnn2)cc1)C(=O)O. The van der Waals surface area contributed by atoms with Gasteiger partial charge in [-0.2, -0.15) is 0 Å². The number of hydrogen-bond donors (Lipinski definition) is 2. The van der Waals surface area contributed by atoms with E-state index in [1.165, 1.54) is 11.9 Å². The minimum Gasteiger partial charge on any atom is -0.480 e. The van der Waals surface area contributed by atoms with E-state index in [9.17, 15) is 4.79 Å². The number of carbonyl (C=O) groups is 1. The Morgan fingerprint density at radius 2 is 1.88 bits per heavy atom. The van der Waals surface area contributed by atoms with E-state index in [1.807, 2.05) is 12.1 Å². The topological polar surface area (TPSA) is 110 Å². The molecule has 0 unspecified atom stereocenters. The number of ether oxygens (including phenoxy) is 1. The molecule has 0 fully saturated rings. The predicted octanol–water partition coefficient (Wildman–Crippen LogP) is 1.34. The van der Waals surface area contributed by atoms with Gasteiger partial charge in [-0.25, -0.2) is 0 Å². The second-order valence-electron chi connectivity index (χ2n) is 5.60. The van der Waals surface area contributed by atoms with Crippen molar-refractivity contribution in [3.63, 3.8) is 0 Å². The van der Waals surface area contributed by atoms with Gasteiger partial charge in [0.15, 0.2) is 6.33 Å². The van der Waals surface area contributed by atoms with Crippen molar-refractivity contribution < 1.29 is 14.6 Å². The molecule has 0 bridgehead atoms. The van der Waals surface area contributed by atoms with Crippen molar-refractivity contribution in [1.29, 1.82) is 0 Å². The van der Waals surface area contributed by atoms with Gasteiger partial charge in [-0.05, 0) is 38.3 Å². The summed E-state index contributed by atoms with van der Waals surface area (Å²) in [6.07, 6.45) is 4.69. The molecule has 0 saturated carbocycles. The molecule has 25 heavy (non-hydrogen) atoms. The molecule has 1 aromatic carbocycles. The summed E-state index contributed by atoms with van der Waals surface area (Å²) >= 11 is 0. The number of aryl methyl sites for hydroxylation is 1. The highest BCUT2D eigenvalue weighted by Gasteiger charge is 2.13.